The molecule has 3 atom stereocenters. The van der Waals surface area contributed by atoms with Crippen molar-refractivity contribution in [2.75, 3.05) is 13.1 Å². The fraction of sp³-hybridized carbons (Fsp3) is 0.184. The minimum Gasteiger partial charge on any atom is -0.350 e. The molecule has 7 heteroatoms. The van der Waals surface area contributed by atoms with Crippen molar-refractivity contribution in [3.63, 3.8) is 0 Å². The van der Waals surface area contributed by atoms with Crippen molar-refractivity contribution in [1.82, 2.24) is 20.5 Å². The van der Waals surface area contributed by atoms with E-state index in [0.29, 0.717) is 22.3 Å². The number of H-pyrrole nitrogens is 1. The third-order valence-electron chi connectivity index (χ3n) is 8.77. The molecule has 6 rings (SSSR count). The Balaban J connectivity index is 1.52. The molecule has 0 radical (unpaired) electrons. The molecule has 5 nitrogen and oxygen atoms in total. The summed E-state index contributed by atoms with van der Waals surface area (Å²) in [5.74, 6) is -0.0124. The van der Waals surface area contributed by atoms with Gasteiger partial charge in [-0.15, -0.1) is 0 Å². The molecule has 5 aromatic rings. The van der Waals surface area contributed by atoms with Gasteiger partial charge in [0.05, 0.1) is 11.7 Å². The standard InChI is InChI=1S/C38H36Cl2N4O/c1-4-44(25(3)27-15-17-29(39)18-16-27)37(24(2)26-11-7-5-8-12-26)35-31-20-19-30(40)21-33(31)42-36(35)38(45)43-34-23-41-22-32(34)28-13-9-6-10-14-28/h4-21,25,32,34,41-42H,1,22-23H2,2-3H3,(H,43,45)/b37-24+/t25?,32-,34?/m0/s1. The fourth-order valence-corrected chi connectivity index (χ4v) is 6.69. The van der Waals surface area contributed by atoms with Gasteiger partial charge < -0.3 is 20.5 Å². The van der Waals surface area contributed by atoms with E-state index in [1.165, 1.54) is 5.56 Å². The number of aromatic amines is 1. The molecule has 3 N–H and O–H groups in total. The van der Waals surface area contributed by atoms with E-state index in [4.69, 9.17) is 23.2 Å². The molecule has 1 aromatic heterocycles. The Hall–Kier alpha value is -4.29. The molecule has 2 unspecified atom stereocenters. The average molecular weight is 636 g/mol. The van der Waals surface area contributed by atoms with Crippen molar-refractivity contribution in [2.45, 2.75) is 31.8 Å². The smallest absolute Gasteiger partial charge is 0.268 e. The average Bonchev–Trinajstić information content (AvgIpc) is 3.68. The van der Waals surface area contributed by atoms with Crippen LogP contribution in [-0.2, 0) is 0 Å². The first kappa shape index (κ1) is 30.7. The molecule has 0 spiro atoms. The second-order valence-corrected chi connectivity index (χ2v) is 12.4. The summed E-state index contributed by atoms with van der Waals surface area (Å²) in [5, 5.41) is 9.00. The zero-order chi connectivity index (χ0) is 31.5. The summed E-state index contributed by atoms with van der Waals surface area (Å²) in [6.45, 7) is 9.96. The molecule has 2 heterocycles. The number of aromatic nitrogens is 1. The zero-order valence-corrected chi connectivity index (χ0v) is 26.9. The van der Waals surface area contributed by atoms with Crippen LogP contribution in [0.15, 0.2) is 116 Å². The van der Waals surface area contributed by atoms with Crippen molar-refractivity contribution in [2.24, 2.45) is 0 Å². The molecule has 1 aliphatic rings. The lowest BCUT2D eigenvalue weighted by Crippen LogP contribution is -2.40. The SMILES string of the molecule is C=CN(/C(=C(\C)c1ccccc1)c1c(C(=O)NC2CNC[C@H]2c2ccccc2)[nH]c2cc(Cl)ccc12)C(C)c1ccc(Cl)cc1. The Bertz CT molecular complexity index is 1850. The predicted octanol–water partition coefficient (Wildman–Crippen LogP) is 9.05. The van der Waals surface area contributed by atoms with Gasteiger partial charge in [-0.05, 0) is 66.6 Å². The van der Waals surface area contributed by atoms with Gasteiger partial charge in [-0.2, -0.15) is 0 Å². The number of halogens is 2. The van der Waals surface area contributed by atoms with Gasteiger partial charge in [-0.25, -0.2) is 0 Å². The third kappa shape index (κ3) is 6.30. The predicted molar refractivity (Wildman–Crippen MR) is 187 cm³/mol. The molecule has 0 aliphatic carbocycles. The number of hydrogen-bond donors (Lipinski definition) is 3. The second-order valence-electron chi connectivity index (χ2n) is 11.5. The summed E-state index contributed by atoms with van der Waals surface area (Å²) in [5.41, 5.74) is 7.25. The quantitative estimate of drug-likeness (QED) is 0.152. The molecule has 0 saturated carbocycles. The first-order valence-electron chi connectivity index (χ1n) is 15.2. The van der Waals surface area contributed by atoms with Crippen molar-refractivity contribution in [1.29, 1.82) is 0 Å². The lowest BCUT2D eigenvalue weighted by molar-refractivity contribution is 0.0932. The minimum atomic E-state index is -0.173. The lowest BCUT2D eigenvalue weighted by atomic mass is 9.93. The Kier molecular flexibility index (Phi) is 9.13. The summed E-state index contributed by atoms with van der Waals surface area (Å²) in [7, 11) is 0. The van der Waals surface area contributed by atoms with Crippen LogP contribution in [0.4, 0.5) is 0 Å². The number of benzene rings is 4. The number of carbonyl (C=O) groups is 1. The molecular weight excluding hydrogens is 599 g/mol. The van der Waals surface area contributed by atoms with E-state index in [1.807, 2.05) is 85.1 Å². The lowest BCUT2D eigenvalue weighted by Gasteiger charge is -2.33. The van der Waals surface area contributed by atoms with Crippen LogP contribution in [-0.4, -0.2) is 34.9 Å². The molecule has 0 bridgehead atoms. The van der Waals surface area contributed by atoms with E-state index in [0.717, 1.165) is 45.4 Å². The van der Waals surface area contributed by atoms with Crippen LogP contribution in [0.25, 0.3) is 22.2 Å². The number of nitrogens with one attached hydrogen (secondary N) is 3. The van der Waals surface area contributed by atoms with Crippen LogP contribution in [0.5, 0.6) is 0 Å². The summed E-state index contributed by atoms with van der Waals surface area (Å²) >= 11 is 12.7. The van der Waals surface area contributed by atoms with Crippen molar-refractivity contribution >= 4 is 51.3 Å². The van der Waals surface area contributed by atoms with Crippen LogP contribution in [0, 0.1) is 0 Å². The number of nitrogens with zero attached hydrogens (tertiary/aromatic N) is 1. The highest BCUT2D eigenvalue weighted by Gasteiger charge is 2.33. The summed E-state index contributed by atoms with van der Waals surface area (Å²) in [4.78, 5) is 20.0. The Labute approximate surface area is 274 Å². The Morgan fingerprint density at radius 3 is 2.29 bits per heavy atom. The topological polar surface area (TPSA) is 60.2 Å². The van der Waals surface area contributed by atoms with E-state index in [-0.39, 0.29) is 23.9 Å². The summed E-state index contributed by atoms with van der Waals surface area (Å²) in [6.07, 6.45) is 1.84. The highest BCUT2D eigenvalue weighted by atomic mass is 35.5. The highest BCUT2D eigenvalue weighted by molar-refractivity contribution is 6.31. The fourth-order valence-electron chi connectivity index (χ4n) is 6.39. The minimum absolute atomic E-state index is 0.0751. The van der Waals surface area contributed by atoms with Crippen molar-refractivity contribution < 1.29 is 4.79 Å². The van der Waals surface area contributed by atoms with Crippen LogP contribution in [0.3, 0.4) is 0 Å². The van der Waals surface area contributed by atoms with E-state index in [2.05, 4.69) is 65.2 Å². The van der Waals surface area contributed by atoms with Gasteiger partial charge >= 0.3 is 0 Å². The van der Waals surface area contributed by atoms with E-state index in [9.17, 15) is 4.79 Å². The van der Waals surface area contributed by atoms with Crippen LogP contribution < -0.4 is 10.6 Å². The van der Waals surface area contributed by atoms with Crippen LogP contribution >= 0.6 is 23.2 Å². The van der Waals surface area contributed by atoms with Crippen LogP contribution in [0.2, 0.25) is 10.0 Å². The number of amides is 1. The molecule has 4 aromatic carbocycles. The number of rotatable bonds is 9. The number of allylic oxidation sites excluding steroid dienone is 1. The van der Waals surface area contributed by atoms with Gasteiger partial charge in [-0.3, -0.25) is 4.79 Å². The van der Waals surface area contributed by atoms with E-state index in [1.54, 1.807) is 0 Å². The number of hydrogen-bond acceptors (Lipinski definition) is 3. The Morgan fingerprint density at radius 1 is 0.933 bits per heavy atom. The van der Waals surface area contributed by atoms with Gasteiger partial charge in [0.25, 0.3) is 5.91 Å². The maximum absolute atomic E-state index is 14.4. The molecule has 228 valence electrons. The molecule has 1 fully saturated rings. The van der Waals surface area contributed by atoms with Gasteiger partial charge in [0, 0.05) is 51.6 Å². The number of fused-ring (bicyclic) bond motifs is 1. The molecular formula is C38H36Cl2N4O. The zero-order valence-electron chi connectivity index (χ0n) is 25.4. The normalized spacial score (nSPS) is 17.5. The molecule has 1 aliphatic heterocycles. The maximum Gasteiger partial charge on any atom is 0.268 e. The second kappa shape index (κ2) is 13.4. The van der Waals surface area contributed by atoms with Gasteiger partial charge in [0.1, 0.15) is 5.69 Å². The number of carbonyl (C=O) groups excluding carboxylic acids is 1. The molecule has 45 heavy (non-hydrogen) atoms. The summed E-state index contributed by atoms with van der Waals surface area (Å²) in [6, 6.07) is 33.9. The molecule has 1 amide bonds. The summed E-state index contributed by atoms with van der Waals surface area (Å²) < 4.78 is 0. The third-order valence-corrected chi connectivity index (χ3v) is 9.26. The highest BCUT2D eigenvalue weighted by Crippen LogP contribution is 2.41. The largest absolute Gasteiger partial charge is 0.350 e. The first-order chi connectivity index (χ1) is 21.9. The van der Waals surface area contributed by atoms with Crippen LogP contribution in [0.1, 0.15) is 58.5 Å². The molecule has 1 saturated heterocycles. The van der Waals surface area contributed by atoms with Gasteiger partial charge in [0.15, 0.2) is 0 Å². The van der Waals surface area contributed by atoms with E-state index >= 15 is 0 Å². The maximum atomic E-state index is 14.4. The van der Waals surface area contributed by atoms with Gasteiger partial charge in [0.2, 0.25) is 0 Å². The van der Waals surface area contributed by atoms with Crippen molar-refractivity contribution in [3.05, 3.63) is 154 Å². The first-order valence-corrected chi connectivity index (χ1v) is 15.9. The van der Waals surface area contributed by atoms with E-state index < -0.39 is 0 Å². The van der Waals surface area contributed by atoms with Gasteiger partial charge in [-0.1, -0.05) is 109 Å². The monoisotopic (exact) mass is 634 g/mol. The Morgan fingerprint density at radius 2 is 1.60 bits per heavy atom. The van der Waals surface area contributed by atoms with Crippen molar-refractivity contribution in [3.8, 4) is 0 Å².